The fraction of sp³-hybridized carbons (Fsp3) is 0.291. The summed E-state index contributed by atoms with van der Waals surface area (Å²) in [7, 11) is 2.60. The van der Waals surface area contributed by atoms with Crippen molar-refractivity contribution in [3.63, 3.8) is 0 Å². The van der Waals surface area contributed by atoms with E-state index in [4.69, 9.17) is 58.6 Å². The van der Waals surface area contributed by atoms with Crippen molar-refractivity contribution in [1.82, 2.24) is 50.8 Å². The predicted octanol–water partition coefficient (Wildman–Crippen LogP) is 11.4. The van der Waals surface area contributed by atoms with Gasteiger partial charge < -0.3 is 55.1 Å². The van der Waals surface area contributed by atoms with E-state index in [-0.39, 0.29) is 63.8 Å². The summed E-state index contributed by atoms with van der Waals surface area (Å²) in [4.78, 5) is 109. The van der Waals surface area contributed by atoms with E-state index >= 15 is 0 Å². The first-order chi connectivity index (χ1) is 52.8. The smallest absolute Gasteiger partial charge is 0.338 e. The molecule has 25 nitrogen and oxygen atoms in total. The number of urea groups is 2. The molecular weight excluding hydrogens is 1490 g/mol. The van der Waals surface area contributed by atoms with Gasteiger partial charge in [0.1, 0.15) is 46.7 Å². The fourth-order valence-electron chi connectivity index (χ4n) is 13.5. The number of piperazine rings is 2. The Hall–Kier alpha value is -11.1. The molecule has 4 atom stereocenters. The molecule has 2 aromatic heterocycles. The van der Waals surface area contributed by atoms with E-state index in [1.165, 1.54) is 73.3 Å². The molecule has 6 aliphatic heterocycles. The van der Waals surface area contributed by atoms with Gasteiger partial charge in [0.2, 0.25) is 0 Å². The summed E-state index contributed by atoms with van der Waals surface area (Å²) in [6.45, 7) is 11.5. The third-order valence-electron chi connectivity index (χ3n) is 19.1. The minimum Gasteiger partial charge on any atom is -0.466 e. The first-order valence-electron chi connectivity index (χ1n) is 35.0. The molecule has 4 fully saturated rings. The minimum absolute atomic E-state index is 0.0883. The van der Waals surface area contributed by atoms with Crippen LogP contribution in [0.3, 0.4) is 0 Å². The van der Waals surface area contributed by atoms with Gasteiger partial charge in [-0.15, -0.1) is 29.1 Å². The van der Waals surface area contributed by atoms with E-state index in [1.807, 2.05) is 44.8 Å². The second-order valence-electron chi connectivity index (χ2n) is 27.7. The number of methoxy groups -OCH3 is 2. The lowest BCUT2D eigenvalue weighted by Crippen LogP contribution is -2.53. The molecule has 4 saturated heterocycles. The van der Waals surface area contributed by atoms with E-state index < -0.39 is 46.7 Å². The highest BCUT2D eigenvalue weighted by molar-refractivity contribution is 7.12. The number of ether oxygens (including phenoxy) is 4. The molecular formula is C79H76Cl2F2N14O11S2. The number of nitrogens with one attached hydrogen (secondary N) is 4. The number of halogens is 4. The largest absolute Gasteiger partial charge is 0.466 e. The molecule has 8 heterocycles. The van der Waals surface area contributed by atoms with Crippen LogP contribution in [0, 0.1) is 24.0 Å². The van der Waals surface area contributed by atoms with E-state index in [2.05, 4.69) is 47.0 Å². The van der Waals surface area contributed by atoms with Crippen LogP contribution in [0.15, 0.2) is 189 Å². The van der Waals surface area contributed by atoms with E-state index in [9.17, 15) is 42.7 Å². The Morgan fingerprint density at radius 3 is 1.33 bits per heavy atom. The van der Waals surface area contributed by atoms with Crippen LogP contribution in [0.1, 0.15) is 81.6 Å². The summed E-state index contributed by atoms with van der Waals surface area (Å²) in [5.74, 6) is 2.91. The third kappa shape index (κ3) is 17.3. The van der Waals surface area contributed by atoms with Gasteiger partial charge in [0.25, 0.3) is 11.8 Å². The van der Waals surface area contributed by atoms with E-state index in [0.29, 0.717) is 144 Å². The summed E-state index contributed by atoms with van der Waals surface area (Å²) in [6, 6.07) is 33.8. The molecule has 31 heteroatoms. The SMILES string of the molecule is C#CC(C)(C)NC(=O)c1ccc(Oc2ccc(N3C[C@@H]4CN(CC5=C(C(=O)OC)[C@H](c6ccc(F)cc6Cl)N=C(c6nccs6)N5)CCN4C3=O)cc2)cc1.COC(=O)C1=C(CN2CCN3C(=O)N(c4ccc(Oc5ccc(C(=O)NC(C)(C)CO)cc5)cc4)C[C@@H]3C2)NC(c2nccs2)=N[C@H]1c1ccc(F)cc1Cl. The Kier molecular flexibility index (Phi) is 23.1. The van der Waals surface area contributed by atoms with Crippen LogP contribution in [-0.2, 0) is 19.1 Å². The van der Waals surface area contributed by atoms with Crippen LogP contribution in [0.25, 0.3) is 0 Å². The van der Waals surface area contributed by atoms with Crippen LogP contribution in [0.4, 0.5) is 29.7 Å². The highest BCUT2D eigenvalue weighted by atomic mass is 35.5. The quantitative estimate of drug-likeness (QED) is 0.0330. The Balaban J connectivity index is 0.000000193. The number of rotatable bonds is 21. The maximum absolute atomic E-state index is 14.1. The number of carbonyl (C=O) groups excluding carboxylic acids is 6. The lowest BCUT2D eigenvalue weighted by Gasteiger charge is -2.38. The van der Waals surface area contributed by atoms with Crippen molar-refractivity contribution in [1.29, 1.82) is 0 Å². The average Bonchev–Trinajstić information content (AvgIpc) is 1.58. The van der Waals surface area contributed by atoms with E-state index in [0.717, 1.165) is 11.4 Å². The summed E-state index contributed by atoms with van der Waals surface area (Å²) in [5.41, 5.74) is 3.40. The Bertz CT molecular complexity index is 4990. The van der Waals surface area contributed by atoms with Gasteiger partial charge in [0, 0.05) is 144 Å². The zero-order valence-corrected chi connectivity index (χ0v) is 63.7. The van der Waals surface area contributed by atoms with Crippen molar-refractivity contribution in [2.45, 2.75) is 62.9 Å². The average molecular weight is 1570 g/mol. The predicted molar refractivity (Wildman–Crippen MR) is 414 cm³/mol. The van der Waals surface area contributed by atoms with Crippen molar-refractivity contribution >= 4 is 105 Å². The van der Waals surface area contributed by atoms with Crippen LogP contribution >= 0.6 is 45.9 Å². The lowest BCUT2D eigenvalue weighted by atomic mass is 9.95. The lowest BCUT2D eigenvalue weighted by molar-refractivity contribution is -0.137. The Morgan fingerprint density at radius 2 is 0.973 bits per heavy atom. The van der Waals surface area contributed by atoms with Crippen LogP contribution in [0.2, 0.25) is 10.0 Å². The van der Waals surface area contributed by atoms with Crippen molar-refractivity contribution in [2.24, 2.45) is 9.98 Å². The van der Waals surface area contributed by atoms with Crippen molar-refractivity contribution < 1.29 is 61.6 Å². The number of hydrogen-bond acceptors (Lipinski definition) is 21. The fourth-order valence-corrected chi connectivity index (χ4v) is 15.2. The zero-order valence-electron chi connectivity index (χ0n) is 60.5. The van der Waals surface area contributed by atoms with Gasteiger partial charge in [-0.1, -0.05) is 41.3 Å². The number of terminal acetylenes is 1. The number of aliphatic imine (C=N–C) groups is 2. The molecule has 0 spiro atoms. The zero-order chi connectivity index (χ0) is 77.7. The number of aromatic nitrogens is 2. The van der Waals surface area contributed by atoms with Gasteiger partial charge in [-0.3, -0.25) is 39.2 Å². The van der Waals surface area contributed by atoms with Crippen LogP contribution < -0.4 is 40.5 Å². The van der Waals surface area contributed by atoms with Gasteiger partial charge >= 0.3 is 24.0 Å². The van der Waals surface area contributed by atoms with Gasteiger partial charge in [-0.05, 0) is 149 Å². The number of nitrogens with zero attached hydrogens (tertiary/aromatic N) is 10. The number of benzene rings is 6. The molecule has 0 aliphatic carbocycles. The molecule has 6 aliphatic rings. The summed E-state index contributed by atoms with van der Waals surface area (Å²) >= 11 is 15.8. The molecule has 8 aromatic rings. The summed E-state index contributed by atoms with van der Waals surface area (Å²) in [5, 5.41) is 26.8. The number of anilines is 2. The molecule has 6 aromatic carbocycles. The topological polar surface area (TPSA) is 278 Å². The van der Waals surface area contributed by atoms with Crippen molar-refractivity contribution in [3.8, 4) is 35.3 Å². The molecule has 14 rings (SSSR count). The van der Waals surface area contributed by atoms with Crippen LogP contribution in [-0.4, -0.2) is 192 Å². The van der Waals surface area contributed by atoms with Gasteiger partial charge in [-0.25, -0.2) is 37.9 Å². The molecule has 6 amide bonds. The molecule has 0 unspecified atom stereocenters. The molecule has 568 valence electrons. The molecule has 110 heavy (non-hydrogen) atoms. The number of amides is 6. The number of hydrogen-bond donors (Lipinski definition) is 5. The molecule has 5 N–H and O–H groups in total. The number of fused-ring (bicyclic) bond motifs is 2. The summed E-state index contributed by atoms with van der Waals surface area (Å²) < 4.78 is 50.6. The van der Waals surface area contributed by atoms with E-state index in [1.54, 1.807) is 123 Å². The minimum atomic E-state index is -0.872. The third-order valence-corrected chi connectivity index (χ3v) is 21.3. The van der Waals surface area contributed by atoms with Crippen LogP contribution in [0.5, 0.6) is 23.0 Å². The molecule has 0 bridgehead atoms. The highest BCUT2D eigenvalue weighted by Gasteiger charge is 2.45. The second kappa shape index (κ2) is 33.0. The van der Waals surface area contributed by atoms with Gasteiger partial charge in [0.05, 0.1) is 55.1 Å². The number of aliphatic hydroxyl groups is 1. The van der Waals surface area contributed by atoms with Gasteiger partial charge in [-0.2, -0.15) is 0 Å². The number of thiazole rings is 2. The number of esters is 2. The van der Waals surface area contributed by atoms with Crippen molar-refractivity contribution in [2.75, 3.05) is 96.1 Å². The monoisotopic (exact) mass is 1570 g/mol. The number of aliphatic hydroxyl groups excluding tert-OH is 1. The number of carbonyl (C=O) groups is 6. The number of amidine groups is 2. The van der Waals surface area contributed by atoms with Gasteiger partial charge in [0.15, 0.2) is 21.7 Å². The normalized spacial score (nSPS) is 18.7. The molecule has 0 radical (unpaired) electrons. The first-order valence-corrected chi connectivity index (χ1v) is 37.5. The second-order valence-corrected chi connectivity index (χ2v) is 30.3. The Labute approximate surface area is 650 Å². The summed E-state index contributed by atoms with van der Waals surface area (Å²) in [6.07, 6.45) is 8.81. The Morgan fingerprint density at radius 1 is 0.582 bits per heavy atom. The highest BCUT2D eigenvalue weighted by Crippen LogP contribution is 2.41. The standard InChI is InChI=1S/C40H37ClFN7O5S.C39H39ClFN7O6S/c1-5-40(2,3)46-36(50)24-6-11-28(12-7-24)54-29-13-9-26(10-14-29)49-22-27-21-47(17-18-48(27)39(49)52)23-32-33(38(51)53-4)34(30-15-8-25(42)20-31(30)41)45-35(44-32)37-43-16-19-55-37;1-39(2,22-49)45-35(50)23-4-9-27(10-5-23)54-28-11-7-25(8-12-28)48-20-26-19-46(15-16-47(26)38(48)52)21-31-32(37(51)53-3)33(29-13-6-24(41)18-30(29)40)44-34(43-31)36-42-14-17-55-36/h1,6-16,19-20,27,34H,17-18,21-23H2,2-4H3,(H,44,45)(H,46,50);4-14,17-18,26,33,49H,15-16,19-22H2,1-3H3,(H,43,44)(H,45,50)/t27-,34-;26-,33-/m00/s1. The first kappa shape index (κ1) is 77.1. The maximum atomic E-state index is 14.1. The molecule has 0 saturated carbocycles. The maximum Gasteiger partial charge on any atom is 0.338 e. The van der Waals surface area contributed by atoms with Crippen molar-refractivity contribution in [3.05, 3.63) is 233 Å².